The van der Waals surface area contributed by atoms with Crippen molar-refractivity contribution >= 4 is 12.0 Å². The van der Waals surface area contributed by atoms with E-state index in [-0.39, 0.29) is 11.5 Å². The van der Waals surface area contributed by atoms with E-state index in [9.17, 15) is 4.79 Å². The van der Waals surface area contributed by atoms with E-state index in [1.165, 1.54) is 24.2 Å². The molecule has 21 heavy (non-hydrogen) atoms. The molecule has 0 spiro atoms. The van der Waals surface area contributed by atoms with E-state index in [2.05, 4.69) is 17.4 Å². The van der Waals surface area contributed by atoms with Gasteiger partial charge in [0.25, 0.3) is 5.91 Å². The summed E-state index contributed by atoms with van der Waals surface area (Å²) in [6.45, 7) is 0.540. The number of carbonyl (C=O) groups is 1. The number of carbonyl (C=O) groups excluding carboxylic acids is 1. The molecule has 4 nitrogen and oxygen atoms in total. The zero-order valence-corrected chi connectivity index (χ0v) is 11.6. The molecular weight excluding hydrogens is 264 g/mol. The van der Waals surface area contributed by atoms with Gasteiger partial charge in [0.2, 0.25) is 0 Å². The zero-order valence-electron chi connectivity index (χ0n) is 11.6. The van der Waals surface area contributed by atoms with Gasteiger partial charge >= 0.3 is 0 Å². The molecule has 0 aliphatic rings. The van der Waals surface area contributed by atoms with Crippen molar-refractivity contribution in [3.63, 3.8) is 0 Å². The molecule has 0 fully saturated rings. The number of nitriles is 1. The second kappa shape index (κ2) is 7.71. The second-order valence-electron chi connectivity index (χ2n) is 4.57. The highest BCUT2D eigenvalue weighted by atomic mass is 16.3. The molecule has 1 amide bonds. The summed E-state index contributed by atoms with van der Waals surface area (Å²) >= 11 is 0. The Morgan fingerprint density at radius 1 is 1.29 bits per heavy atom. The van der Waals surface area contributed by atoms with Crippen LogP contribution < -0.4 is 5.32 Å². The maximum atomic E-state index is 11.9. The van der Waals surface area contributed by atoms with Crippen LogP contribution in [0.3, 0.4) is 0 Å². The Balaban J connectivity index is 1.80. The van der Waals surface area contributed by atoms with Crippen molar-refractivity contribution in [1.29, 1.82) is 5.26 Å². The van der Waals surface area contributed by atoms with Crippen LogP contribution in [-0.4, -0.2) is 12.5 Å². The summed E-state index contributed by atoms with van der Waals surface area (Å²) in [5, 5.41) is 11.8. The van der Waals surface area contributed by atoms with Crippen LogP contribution >= 0.6 is 0 Å². The van der Waals surface area contributed by atoms with Crippen LogP contribution in [0, 0.1) is 11.3 Å². The molecule has 106 valence electrons. The standard InChI is InChI=1S/C17H16N2O2/c18-12-16(11-15-8-10-21-13-15)17(20)19-9-4-7-14-5-2-1-3-6-14/h1-3,5-6,8,10-11,13H,4,7,9H2,(H,19,20)/b16-11-. The van der Waals surface area contributed by atoms with Crippen LogP contribution in [0.5, 0.6) is 0 Å². The van der Waals surface area contributed by atoms with Gasteiger partial charge in [0.15, 0.2) is 0 Å². The average molecular weight is 280 g/mol. The molecule has 2 aromatic rings. The molecule has 1 heterocycles. The van der Waals surface area contributed by atoms with Crippen LogP contribution in [0.2, 0.25) is 0 Å². The number of amides is 1. The van der Waals surface area contributed by atoms with Crippen LogP contribution in [0.4, 0.5) is 0 Å². The lowest BCUT2D eigenvalue weighted by Gasteiger charge is -2.04. The molecule has 0 atom stereocenters. The van der Waals surface area contributed by atoms with E-state index >= 15 is 0 Å². The number of rotatable bonds is 6. The Labute approximate surface area is 123 Å². The molecule has 1 N–H and O–H groups in total. The third kappa shape index (κ3) is 4.66. The van der Waals surface area contributed by atoms with Crippen molar-refractivity contribution < 1.29 is 9.21 Å². The fourth-order valence-corrected chi connectivity index (χ4v) is 1.91. The summed E-state index contributed by atoms with van der Waals surface area (Å²) in [4.78, 5) is 11.9. The second-order valence-corrected chi connectivity index (χ2v) is 4.57. The number of nitrogens with zero attached hydrogens (tertiary/aromatic N) is 1. The van der Waals surface area contributed by atoms with E-state index in [1.54, 1.807) is 6.07 Å². The molecule has 0 bridgehead atoms. The lowest BCUT2D eigenvalue weighted by atomic mass is 10.1. The van der Waals surface area contributed by atoms with Crippen molar-refractivity contribution in [3.05, 3.63) is 65.6 Å². The lowest BCUT2D eigenvalue weighted by molar-refractivity contribution is -0.117. The normalized spacial score (nSPS) is 10.9. The van der Waals surface area contributed by atoms with Crippen molar-refractivity contribution in [2.24, 2.45) is 0 Å². The van der Waals surface area contributed by atoms with Gasteiger partial charge in [0.1, 0.15) is 11.6 Å². The van der Waals surface area contributed by atoms with E-state index in [0.29, 0.717) is 12.1 Å². The number of furan rings is 1. The summed E-state index contributed by atoms with van der Waals surface area (Å²) in [5.41, 5.74) is 2.02. The van der Waals surface area contributed by atoms with Crippen LogP contribution in [0.1, 0.15) is 17.5 Å². The van der Waals surface area contributed by atoms with E-state index in [0.717, 1.165) is 12.8 Å². The Kier molecular flexibility index (Phi) is 5.36. The highest BCUT2D eigenvalue weighted by Crippen LogP contribution is 2.07. The predicted octanol–water partition coefficient (Wildman–Crippen LogP) is 2.94. The molecule has 0 saturated heterocycles. The SMILES string of the molecule is N#C/C(=C/c1ccoc1)C(=O)NCCCc1ccccc1. The maximum Gasteiger partial charge on any atom is 0.261 e. The highest BCUT2D eigenvalue weighted by Gasteiger charge is 2.08. The molecule has 1 aromatic carbocycles. The monoisotopic (exact) mass is 280 g/mol. The van der Waals surface area contributed by atoms with Gasteiger partial charge in [0.05, 0.1) is 12.5 Å². The molecule has 1 aromatic heterocycles. The van der Waals surface area contributed by atoms with E-state index < -0.39 is 0 Å². The van der Waals surface area contributed by atoms with Crippen molar-refractivity contribution in [1.82, 2.24) is 5.32 Å². The zero-order chi connectivity index (χ0) is 14.9. The molecular formula is C17H16N2O2. The number of nitrogens with one attached hydrogen (secondary N) is 1. The molecule has 0 unspecified atom stereocenters. The fraction of sp³-hybridized carbons (Fsp3) is 0.176. The quantitative estimate of drug-likeness (QED) is 0.502. The van der Waals surface area contributed by atoms with E-state index in [1.807, 2.05) is 24.3 Å². The topological polar surface area (TPSA) is 66.0 Å². The Morgan fingerprint density at radius 3 is 2.76 bits per heavy atom. The maximum absolute atomic E-state index is 11.9. The van der Waals surface area contributed by atoms with Gasteiger partial charge in [-0.05, 0) is 30.5 Å². The molecule has 0 radical (unpaired) electrons. The minimum Gasteiger partial charge on any atom is -0.472 e. The van der Waals surface area contributed by atoms with Gasteiger partial charge in [-0.3, -0.25) is 4.79 Å². The van der Waals surface area contributed by atoms with Crippen molar-refractivity contribution in [3.8, 4) is 6.07 Å². The van der Waals surface area contributed by atoms with Gasteiger partial charge in [0, 0.05) is 12.1 Å². The molecule has 4 heteroatoms. The summed E-state index contributed by atoms with van der Waals surface area (Å²) in [7, 11) is 0. The van der Waals surface area contributed by atoms with Gasteiger partial charge in [-0.1, -0.05) is 30.3 Å². The summed E-state index contributed by atoms with van der Waals surface area (Å²) in [5.74, 6) is -0.355. The number of aryl methyl sites for hydroxylation is 1. The van der Waals surface area contributed by atoms with Crippen LogP contribution in [0.15, 0.2) is 58.9 Å². The fourth-order valence-electron chi connectivity index (χ4n) is 1.91. The van der Waals surface area contributed by atoms with Gasteiger partial charge in [-0.2, -0.15) is 5.26 Å². The number of hydrogen-bond donors (Lipinski definition) is 1. The Bertz CT molecular complexity index is 637. The molecule has 0 saturated carbocycles. The summed E-state index contributed by atoms with van der Waals surface area (Å²) < 4.78 is 4.90. The molecule has 0 aliphatic carbocycles. The number of hydrogen-bond acceptors (Lipinski definition) is 3. The number of benzene rings is 1. The molecule has 0 aliphatic heterocycles. The first-order chi connectivity index (χ1) is 10.3. The van der Waals surface area contributed by atoms with Gasteiger partial charge in [-0.15, -0.1) is 0 Å². The highest BCUT2D eigenvalue weighted by molar-refractivity contribution is 6.01. The van der Waals surface area contributed by atoms with Gasteiger partial charge < -0.3 is 9.73 Å². The largest absolute Gasteiger partial charge is 0.472 e. The first-order valence-corrected chi connectivity index (χ1v) is 6.75. The summed E-state index contributed by atoms with van der Waals surface area (Å²) in [6.07, 6.45) is 6.23. The smallest absolute Gasteiger partial charge is 0.261 e. The molecule has 2 rings (SSSR count). The predicted molar refractivity (Wildman–Crippen MR) is 80.1 cm³/mol. The first kappa shape index (κ1) is 14.6. The summed E-state index contributed by atoms with van der Waals surface area (Å²) in [6, 6.07) is 13.7. The Morgan fingerprint density at radius 2 is 2.10 bits per heavy atom. The minimum atomic E-state index is -0.355. The average Bonchev–Trinajstić information content (AvgIpc) is 3.03. The minimum absolute atomic E-state index is 0.0797. The van der Waals surface area contributed by atoms with Crippen molar-refractivity contribution in [2.75, 3.05) is 6.54 Å². The first-order valence-electron chi connectivity index (χ1n) is 6.75. The van der Waals surface area contributed by atoms with Crippen LogP contribution in [0.25, 0.3) is 6.08 Å². The Hall–Kier alpha value is -2.80. The van der Waals surface area contributed by atoms with Crippen molar-refractivity contribution in [2.45, 2.75) is 12.8 Å². The third-order valence-corrected chi connectivity index (χ3v) is 2.99. The third-order valence-electron chi connectivity index (χ3n) is 2.99. The van der Waals surface area contributed by atoms with Crippen LogP contribution in [-0.2, 0) is 11.2 Å². The van der Waals surface area contributed by atoms with E-state index in [4.69, 9.17) is 9.68 Å². The van der Waals surface area contributed by atoms with Gasteiger partial charge in [-0.25, -0.2) is 0 Å². The lowest BCUT2D eigenvalue weighted by Crippen LogP contribution is -2.25.